The summed E-state index contributed by atoms with van der Waals surface area (Å²) in [6.07, 6.45) is 7.20. The topological polar surface area (TPSA) is 0 Å². The van der Waals surface area contributed by atoms with Crippen LogP contribution in [0.15, 0.2) is 47.6 Å². The summed E-state index contributed by atoms with van der Waals surface area (Å²) in [5.74, 6) is 0.715. The van der Waals surface area contributed by atoms with Crippen LogP contribution in [-0.4, -0.2) is 0 Å². The number of hydrogen-bond acceptors (Lipinski definition) is 0. The van der Waals surface area contributed by atoms with Crippen LogP contribution in [-0.2, 0) is 5.41 Å². The Morgan fingerprint density at radius 2 is 1.64 bits per heavy atom. The van der Waals surface area contributed by atoms with E-state index in [-0.39, 0.29) is 10.8 Å². The lowest BCUT2D eigenvalue weighted by Gasteiger charge is -2.28. The zero-order valence-corrected chi connectivity index (χ0v) is 15.5. The first kappa shape index (κ1) is 17.1. The van der Waals surface area contributed by atoms with E-state index < -0.39 is 0 Å². The van der Waals surface area contributed by atoms with E-state index in [9.17, 15) is 0 Å². The van der Waals surface area contributed by atoms with Gasteiger partial charge in [0.15, 0.2) is 0 Å². The minimum absolute atomic E-state index is 0.134. The van der Waals surface area contributed by atoms with Gasteiger partial charge in [0.05, 0.1) is 0 Å². The molecule has 0 amide bonds. The highest BCUT2D eigenvalue weighted by atomic mass is 14.5. The second-order valence-corrected chi connectivity index (χ2v) is 8.21. The largest absolute Gasteiger partial charge is 0.0833 e. The second kappa shape index (κ2) is 6.07. The third kappa shape index (κ3) is 3.07. The van der Waals surface area contributed by atoms with E-state index in [1.54, 1.807) is 5.57 Å². The molecule has 1 fully saturated rings. The average molecular weight is 296 g/mol. The molecule has 1 saturated carbocycles. The lowest BCUT2D eigenvalue weighted by Crippen LogP contribution is -2.21. The normalized spacial score (nSPS) is 28.0. The fraction of sp³-hybridized carbons (Fsp3) is 0.545. The van der Waals surface area contributed by atoms with Crippen LogP contribution in [0.25, 0.3) is 0 Å². The summed E-state index contributed by atoms with van der Waals surface area (Å²) in [6.45, 7) is 16.2. The molecule has 0 saturated heterocycles. The maximum Gasteiger partial charge on any atom is 0.0182 e. The molecular formula is C22H32. The molecule has 1 aliphatic rings. The van der Waals surface area contributed by atoms with Gasteiger partial charge in [0, 0.05) is 5.41 Å². The summed E-state index contributed by atoms with van der Waals surface area (Å²) >= 11 is 0. The maximum absolute atomic E-state index is 2.50. The highest BCUT2D eigenvalue weighted by Crippen LogP contribution is 2.57. The first-order chi connectivity index (χ1) is 10.2. The third-order valence-electron chi connectivity index (χ3n) is 5.18. The first-order valence-electron chi connectivity index (χ1n) is 8.65. The van der Waals surface area contributed by atoms with E-state index in [2.05, 4.69) is 84.9 Å². The third-order valence-corrected chi connectivity index (χ3v) is 5.18. The maximum atomic E-state index is 2.50. The minimum Gasteiger partial charge on any atom is -0.0833 e. The fourth-order valence-corrected chi connectivity index (χ4v) is 4.13. The molecule has 1 atom stereocenters. The summed E-state index contributed by atoms with van der Waals surface area (Å²) in [7, 11) is 0. The molecule has 1 aromatic rings. The standard InChI is InChI=1S/C22H32/c1-8-19-20(14-9-16(2)3)21(5,6)15-22(19,7)18-12-10-17(4)11-13-18/h8,10-14,16H,9,15H2,1-7H3/b19-8+,20-14+. The average Bonchev–Trinajstić information content (AvgIpc) is 2.63. The molecule has 2 rings (SSSR count). The quantitative estimate of drug-likeness (QED) is 0.589. The summed E-state index contributed by atoms with van der Waals surface area (Å²) in [5, 5.41) is 0. The highest BCUT2D eigenvalue weighted by molar-refractivity contribution is 5.54. The molecule has 0 heteroatoms. The van der Waals surface area contributed by atoms with Crippen LogP contribution in [0, 0.1) is 18.3 Å². The Kier molecular flexibility index (Phi) is 4.70. The molecule has 0 spiro atoms. The van der Waals surface area contributed by atoms with Crippen LogP contribution in [0.3, 0.4) is 0 Å². The zero-order valence-electron chi connectivity index (χ0n) is 15.5. The number of aryl methyl sites for hydroxylation is 1. The summed E-state index contributed by atoms with van der Waals surface area (Å²) in [4.78, 5) is 0. The molecule has 1 aliphatic carbocycles. The van der Waals surface area contributed by atoms with Crippen LogP contribution in [0.2, 0.25) is 0 Å². The van der Waals surface area contributed by atoms with Gasteiger partial charge in [-0.25, -0.2) is 0 Å². The Hall–Kier alpha value is -1.30. The van der Waals surface area contributed by atoms with Gasteiger partial charge >= 0.3 is 0 Å². The molecule has 0 nitrogen and oxygen atoms in total. The van der Waals surface area contributed by atoms with Crippen LogP contribution in [0.4, 0.5) is 0 Å². The van der Waals surface area contributed by atoms with E-state index in [1.165, 1.54) is 29.5 Å². The van der Waals surface area contributed by atoms with Crippen molar-refractivity contribution in [3.63, 3.8) is 0 Å². The Morgan fingerprint density at radius 3 is 2.14 bits per heavy atom. The highest BCUT2D eigenvalue weighted by Gasteiger charge is 2.47. The molecule has 1 unspecified atom stereocenters. The van der Waals surface area contributed by atoms with E-state index >= 15 is 0 Å². The van der Waals surface area contributed by atoms with Gasteiger partial charge in [0.2, 0.25) is 0 Å². The summed E-state index contributed by atoms with van der Waals surface area (Å²) in [5.41, 5.74) is 6.26. The van der Waals surface area contributed by atoms with Crippen molar-refractivity contribution in [2.24, 2.45) is 11.3 Å². The predicted molar refractivity (Wildman–Crippen MR) is 98.2 cm³/mol. The molecule has 0 aliphatic heterocycles. The molecule has 0 N–H and O–H groups in total. The van der Waals surface area contributed by atoms with Crippen molar-refractivity contribution in [2.45, 2.75) is 66.7 Å². The van der Waals surface area contributed by atoms with Crippen LogP contribution in [0.5, 0.6) is 0 Å². The van der Waals surface area contributed by atoms with Crippen molar-refractivity contribution in [1.29, 1.82) is 0 Å². The first-order valence-corrected chi connectivity index (χ1v) is 8.65. The lowest BCUT2D eigenvalue weighted by atomic mass is 9.75. The summed E-state index contributed by atoms with van der Waals surface area (Å²) in [6, 6.07) is 9.13. The van der Waals surface area contributed by atoms with Crippen LogP contribution >= 0.6 is 0 Å². The van der Waals surface area contributed by atoms with Gasteiger partial charge in [-0.15, -0.1) is 0 Å². The van der Waals surface area contributed by atoms with Gasteiger partial charge in [-0.1, -0.05) is 76.6 Å². The van der Waals surface area contributed by atoms with Crippen LogP contribution < -0.4 is 0 Å². The van der Waals surface area contributed by atoms with Crippen molar-refractivity contribution in [2.75, 3.05) is 0 Å². The predicted octanol–water partition coefficient (Wildman–Crippen LogP) is 6.60. The second-order valence-electron chi connectivity index (χ2n) is 8.21. The Bertz CT molecular complexity index is 581. The SMILES string of the molecule is C/C=C1\C(=C/CC(C)C)C(C)(C)CC1(C)c1ccc(C)cc1. The Balaban J connectivity index is 2.50. The van der Waals surface area contributed by atoms with E-state index in [4.69, 9.17) is 0 Å². The van der Waals surface area contributed by atoms with E-state index in [0.717, 1.165) is 0 Å². The van der Waals surface area contributed by atoms with Gasteiger partial charge in [-0.05, 0) is 54.7 Å². The van der Waals surface area contributed by atoms with Crippen LogP contribution in [0.1, 0.15) is 65.5 Å². The molecule has 1 aromatic carbocycles. The molecule has 22 heavy (non-hydrogen) atoms. The smallest absolute Gasteiger partial charge is 0.0182 e. The van der Waals surface area contributed by atoms with E-state index in [1.807, 2.05) is 0 Å². The van der Waals surface area contributed by atoms with Gasteiger partial charge < -0.3 is 0 Å². The van der Waals surface area contributed by atoms with Crippen molar-refractivity contribution in [3.8, 4) is 0 Å². The number of allylic oxidation sites excluding steroid dienone is 4. The monoisotopic (exact) mass is 296 g/mol. The van der Waals surface area contributed by atoms with Crippen molar-refractivity contribution < 1.29 is 0 Å². The van der Waals surface area contributed by atoms with Gasteiger partial charge in [-0.3, -0.25) is 0 Å². The van der Waals surface area contributed by atoms with Gasteiger partial charge in [-0.2, -0.15) is 0 Å². The zero-order chi connectivity index (χ0) is 16.5. The molecule has 120 valence electrons. The molecule has 0 heterocycles. The van der Waals surface area contributed by atoms with Crippen molar-refractivity contribution >= 4 is 0 Å². The summed E-state index contributed by atoms with van der Waals surface area (Å²) < 4.78 is 0. The van der Waals surface area contributed by atoms with Crippen molar-refractivity contribution in [3.05, 3.63) is 58.7 Å². The Labute approximate surface area is 137 Å². The molecule has 0 bridgehead atoms. The Morgan fingerprint density at radius 1 is 1.05 bits per heavy atom. The van der Waals surface area contributed by atoms with Gasteiger partial charge in [0.25, 0.3) is 0 Å². The number of rotatable bonds is 3. The molecule has 0 radical (unpaired) electrons. The molecular weight excluding hydrogens is 264 g/mol. The lowest BCUT2D eigenvalue weighted by molar-refractivity contribution is 0.387. The number of benzene rings is 1. The van der Waals surface area contributed by atoms with E-state index in [0.29, 0.717) is 5.92 Å². The number of hydrogen-bond donors (Lipinski definition) is 0. The minimum atomic E-state index is 0.134. The van der Waals surface area contributed by atoms with Gasteiger partial charge in [0.1, 0.15) is 0 Å². The molecule has 0 aromatic heterocycles. The van der Waals surface area contributed by atoms with Crippen molar-refractivity contribution in [1.82, 2.24) is 0 Å². The fourth-order valence-electron chi connectivity index (χ4n) is 4.13.